The van der Waals surface area contributed by atoms with E-state index in [0.717, 1.165) is 26.0 Å². The Morgan fingerprint density at radius 3 is 2.28 bits per heavy atom. The minimum Gasteiger partial charge on any atom is -0.342 e. The second-order valence-electron chi connectivity index (χ2n) is 7.40. The molecule has 0 radical (unpaired) electrons. The summed E-state index contributed by atoms with van der Waals surface area (Å²) in [5, 5.41) is 0. The molecule has 0 atom stereocenters. The van der Waals surface area contributed by atoms with Crippen molar-refractivity contribution in [2.75, 3.05) is 58.9 Å². The van der Waals surface area contributed by atoms with E-state index in [4.69, 9.17) is 0 Å². The summed E-state index contributed by atoms with van der Waals surface area (Å²) in [6.07, 6.45) is 2.59. The highest BCUT2D eigenvalue weighted by atomic mass is 16.2. The van der Waals surface area contributed by atoms with Gasteiger partial charge in [-0.2, -0.15) is 0 Å². The number of fused-ring (bicyclic) bond motifs is 1. The van der Waals surface area contributed by atoms with Crippen LogP contribution in [0.3, 0.4) is 0 Å². The van der Waals surface area contributed by atoms with Crippen molar-refractivity contribution in [2.24, 2.45) is 0 Å². The summed E-state index contributed by atoms with van der Waals surface area (Å²) in [5.41, 5.74) is 0.923. The van der Waals surface area contributed by atoms with Gasteiger partial charge in [-0.25, -0.2) is 4.98 Å². The summed E-state index contributed by atoms with van der Waals surface area (Å²) >= 11 is 0. The molecule has 2 fully saturated rings. The Morgan fingerprint density at radius 2 is 1.62 bits per heavy atom. The monoisotopic (exact) mass is 398 g/mol. The van der Waals surface area contributed by atoms with Crippen LogP contribution in [0.2, 0.25) is 0 Å². The zero-order valence-corrected chi connectivity index (χ0v) is 16.7. The van der Waals surface area contributed by atoms with E-state index in [2.05, 4.69) is 16.8 Å². The van der Waals surface area contributed by atoms with Crippen molar-refractivity contribution in [3.05, 3.63) is 35.9 Å². The molecule has 0 aliphatic carbocycles. The van der Waals surface area contributed by atoms with Gasteiger partial charge in [-0.3, -0.25) is 18.8 Å². The topological polar surface area (TPSA) is 81.5 Å². The van der Waals surface area contributed by atoms with E-state index in [0.29, 0.717) is 50.5 Å². The number of hydrogen-bond acceptors (Lipinski definition) is 5. The van der Waals surface area contributed by atoms with Crippen molar-refractivity contribution < 1.29 is 14.4 Å². The van der Waals surface area contributed by atoms with Crippen LogP contribution in [0.15, 0.2) is 24.4 Å². The lowest BCUT2D eigenvalue weighted by Gasteiger charge is -2.33. The number of piperazine rings is 2. The van der Waals surface area contributed by atoms with Crippen molar-refractivity contribution in [3.8, 4) is 0 Å². The fraction of sp³-hybridized carbons (Fsp3) is 0.500. The Labute approximate surface area is 169 Å². The second kappa shape index (κ2) is 8.20. The van der Waals surface area contributed by atoms with Crippen molar-refractivity contribution in [1.29, 1.82) is 0 Å². The number of carbonyl (C=O) groups is 3. The van der Waals surface area contributed by atoms with E-state index in [-0.39, 0.29) is 17.6 Å². The van der Waals surface area contributed by atoms with Crippen molar-refractivity contribution in [3.63, 3.8) is 0 Å². The maximum absolute atomic E-state index is 13.2. The Morgan fingerprint density at radius 1 is 0.966 bits per heavy atom. The quantitative estimate of drug-likeness (QED) is 0.679. The van der Waals surface area contributed by atoms with Gasteiger partial charge in [0.05, 0.1) is 5.52 Å². The fourth-order valence-corrected chi connectivity index (χ4v) is 3.93. The van der Waals surface area contributed by atoms with Crippen LogP contribution in [0.1, 0.15) is 28.0 Å². The Balaban J connectivity index is 1.59. The standard InChI is InChI=1S/C20H26N6O3/c1-2-22-7-11-25(12-8-22)20(29)18-21-17(16-5-3-4-6-26(16)18)19(28)24-13-9-23(15-27)10-14-24/h3-6,15H,2,7-14H2,1H3. The molecule has 29 heavy (non-hydrogen) atoms. The van der Waals surface area contributed by atoms with E-state index >= 15 is 0 Å². The van der Waals surface area contributed by atoms with Gasteiger partial charge in [0.2, 0.25) is 12.2 Å². The molecule has 2 aliphatic rings. The third-order valence-electron chi connectivity index (χ3n) is 5.80. The van der Waals surface area contributed by atoms with Gasteiger partial charge in [0.15, 0.2) is 5.69 Å². The third kappa shape index (κ3) is 3.69. The van der Waals surface area contributed by atoms with Gasteiger partial charge in [-0.05, 0) is 18.7 Å². The number of rotatable bonds is 4. The molecule has 4 rings (SSSR count). The Hall–Kier alpha value is -2.94. The smallest absolute Gasteiger partial charge is 0.290 e. The highest BCUT2D eigenvalue weighted by Crippen LogP contribution is 2.18. The number of imidazole rings is 1. The van der Waals surface area contributed by atoms with Crippen LogP contribution >= 0.6 is 0 Å². The number of pyridine rings is 1. The number of likely N-dealkylation sites (N-methyl/N-ethyl adjacent to an activating group) is 1. The van der Waals surface area contributed by atoms with Crippen molar-refractivity contribution in [1.82, 2.24) is 29.0 Å². The van der Waals surface area contributed by atoms with E-state index < -0.39 is 0 Å². The maximum atomic E-state index is 13.2. The minimum absolute atomic E-state index is 0.147. The second-order valence-corrected chi connectivity index (χ2v) is 7.40. The minimum atomic E-state index is -0.200. The van der Waals surface area contributed by atoms with Crippen LogP contribution in [0, 0.1) is 0 Å². The number of amides is 3. The lowest BCUT2D eigenvalue weighted by Crippen LogP contribution is -2.49. The fourth-order valence-electron chi connectivity index (χ4n) is 3.93. The SMILES string of the molecule is CCN1CCN(C(=O)c2nc(C(=O)N3CCN(C=O)CC3)c3ccccn23)CC1. The highest BCUT2D eigenvalue weighted by Gasteiger charge is 2.30. The van der Waals surface area contributed by atoms with Gasteiger partial charge in [0.1, 0.15) is 0 Å². The molecule has 2 saturated heterocycles. The van der Waals surface area contributed by atoms with E-state index in [1.165, 1.54) is 0 Å². The first-order chi connectivity index (χ1) is 14.1. The van der Waals surface area contributed by atoms with Crippen LogP contribution in [-0.4, -0.2) is 106 Å². The van der Waals surface area contributed by atoms with Crippen LogP contribution in [0.4, 0.5) is 0 Å². The molecule has 9 nitrogen and oxygen atoms in total. The Kier molecular flexibility index (Phi) is 5.48. The summed E-state index contributed by atoms with van der Waals surface area (Å²) in [5.74, 6) is -0.0682. The molecule has 2 aromatic heterocycles. The molecule has 0 saturated carbocycles. The summed E-state index contributed by atoms with van der Waals surface area (Å²) in [4.78, 5) is 49.2. The predicted octanol–water partition coefficient (Wildman–Crippen LogP) is 0.0262. The van der Waals surface area contributed by atoms with E-state index in [9.17, 15) is 14.4 Å². The molecule has 2 aromatic rings. The molecular formula is C20H26N6O3. The van der Waals surface area contributed by atoms with Crippen LogP contribution < -0.4 is 0 Å². The van der Waals surface area contributed by atoms with Gasteiger partial charge in [-0.15, -0.1) is 0 Å². The van der Waals surface area contributed by atoms with Gasteiger partial charge >= 0.3 is 0 Å². The summed E-state index contributed by atoms with van der Waals surface area (Å²) in [6, 6.07) is 5.48. The summed E-state index contributed by atoms with van der Waals surface area (Å²) in [6.45, 7) is 8.05. The van der Waals surface area contributed by atoms with E-state index in [1.807, 2.05) is 23.1 Å². The van der Waals surface area contributed by atoms with Crippen LogP contribution in [0.25, 0.3) is 5.52 Å². The first-order valence-electron chi connectivity index (χ1n) is 10.1. The third-order valence-corrected chi connectivity index (χ3v) is 5.80. The largest absolute Gasteiger partial charge is 0.342 e. The molecule has 3 amide bonds. The van der Waals surface area contributed by atoms with Crippen LogP contribution in [-0.2, 0) is 4.79 Å². The molecule has 0 N–H and O–H groups in total. The lowest BCUT2D eigenvalue weighted by molar-refractivity contribution is -0.119. The van der Waals surface area contributed by atoms with Gasteiger partial charge < -0.3 is 19.6 Å². The molecule has 2 aliphatic heterocycles. The zero-order valence-electron chi connectivity index (χ0n) is 16.7. The van der Waals surface area contributed by atoms with Crippen molar-refractivity contribution >= 4 is 23.7 Å². The first kappa shape index (κ1) is 19.4. The molecular weight excluding hydrogens is 372 g/mol. The van der Waals surface area contributed by atoms with Gasteiger partial charge in [0, 0.05) is 58.6 Å². The maximum Gasteiger partial charge on any atom is 0.290 e. The molecule has 0 aromatic carbocycles. The number of hydrogen-bond donors (Lipinski definition) is 0. The number of aromatic nitrogens is 2. The molecule has 4 heterocycles. The molecule has 0 spiro atoms. The van der Waals surface area contributed by atoms with E-state index in [1.54, 1.807) is 20.4 Å². The predicted molar refractivity (Wildman–Crippen MR) is 107 cm³/mol. The molecule has 0 unspecified atom stereocenters. The lowest BCUT2D eigenvalue weighted by atomic mass is 10.2. The Bertz CT molecular complexity index is 910. The summed E-state index contributed by atoms with van der Waals surface area (Å²) < 4.78 is 1.71. The van der Waals surface area contributed by atoms with Gasteiger partial charge in [0.25, 0.3) is 11.8 Å². The number of nitrogens with zero attached hydrogens (tertiary/aromatic N) is 6. The molecule has 154 valence electrons. The summed E-state index contributed by atoms with van der Waals surface area (Å²) in [7, 11) is 0. The molecule has 9 heteroatoms. The number of carbonyl (C=O) groups excluding carboxylic acids is 3. The van der Waals surface area contributed by atoms with Crippen molar-refractivity contribution in [2.45, 2.75) is 6.92 Å². The normalized spacial score (nSPS) is 18.3. The zero-order chi connectivity index (χ0) is 20.4. The average Bonchev–Trinajstić information content (AvgIpc) is 3.18. The van der Waals surface area contributed by atoms with Gasteiger partial charge in [-0.1, -0.05) is 13.0 Å². The first-order valence-corrected chi connectivity index (χ1v) is 10.1. The average molecular weight is 398 g/mol. The molecule has 0 bridgehead atoms. The van der Waals surface area contributed by atoms with Crippen LogP contribution in [0.5, 0.6) is 0 Å². The highest BCUT2D eigenvalue weighted by molar-refractivity contribution is 6.02.